The minimum absolute atomic E-state index is 0.0232. The molecule has 0 radical (unpaired) electrons. The van der Waals surface area contributed by atoms with E-state index in [0.717, 1.165) is 5.75 Å². The summed E-state index contributed by atoms with van der Waals surface area (Å²) in [6.07, 6.45) is 3.87. The molecule has 0 bridgehead atoms. The van der Waals surface area contributed by atoms with Gasteiger partial charge in [-0.25, -0.2) is 0 Å². The lowest BCUT2D eigenvalue weighted by molar-refractivity contribution is -0.951. The Bertz CT molecular complexity index is 771. The number of nitrogens with one attached hydrogen (secondary N) is 2. The summed E-state index contributed by atoms with van der Waals surface area (Å²) in [6.45, 7) is 8.28. The number of para-hydroxylation sites is 2. The van der Waals surface area contributed by atoms with Crippen LogP contribution in [0.4, 0.5) is 0 Å². The second-order valence-electron chi connectivity index (χ2n) is 8.24. The molecule has 0 aliphatic carbocycles. The molecule has 3 rings (SSSR count). The first-order valence-electron chi connectivity index (χ1n) is 10.6. The van der Waals surface area contributed by atoms with Gasteiger partial charge in [0.2, 0.25) is 0 Å². The molecule has 2 N–H and O–H groups in total. The van der Waals surface area contributed by atoms with Crippen LogP contribution in [0.2, 0.25) is 0 Å². The quantitative estimate of drug-likeness (QED) is 0.640. The first-order chi connectivity index (χ1) is 14.1. The van der Waals surface area contributed by atoms with E-state index in [4.69, 9.17) is 9.47 Å². The van der Waals surface area contributed by atoms with Gasteiger partial charge in [-0.2, -0.15) is 0 Å². The summed E-state index contributed by atoms with van der Waals surface area (Å²) < 4.78 is 11.5. The van der Waals surface area contributed by atoms with Crippen LogP contribution in [0.3, 0.4) is 0 Å². The second-order valence-corrected chi connectivity index (χ2v) is 8.24. The number of quaternary nitrogens is 1. The highest BCUT2D eigenvalue weighted by Crippen LogP contribution is 2.18. The fourth-order valence-electron chi connectivity index (χ4n) is 3.78. The largest absolute Gasteiger partial charge is 0.490 e. The summed E-state index contributed by atoms with van der Waals surface area (Å²) >= 11 is 0. The Labute approximate surface area is 174 Å². The van der Waals surface area contributed by atoms with Gasteiger partial charge >= 0.3 is 0 Å². The third kappa shape index (κ3) is 6.23. The minimum atomic E-state index is -0.0888. The molecule has 1 aliphatic heterocycles. The average molecular weight is 398 g/mol. The van der Waals surface area contributed by atoms with Crippen molar-refractivity contribution in [3.05, 3.63) is 60.2 Å². The van der Waals surface area contributed by atoms with Gasteiger partial charge in [-0.15, -0.1) is 0 Å². The van der Waals surface area contributed by atoms with Crippen LogP contribution >= 0.6 is 0 Å². The second kappa shape index (κ2) is 10.3. The molecular formula is C24H33N2O3+. The fraction of sp³-hybridized carbons (Fsp3) is 0.458. The number of hydrogen-bond acceptors (Lipinski definition) is 3. The molecule has 1 heterocycles. The first kappa shape index (κ1) is 21.2. The average Bonchev–Trinajstić information content (AvgIpc) is 2.77. The summed E-state index contributed by atoms with van der Waals surface area (Å²) in [5, 5.41) is 3.12. The van der Waals surface area contributed by atoms with Crippen LogP contribution in [0.15, 0.2) is 54.6 Å². The number of carbonyl (C=O) groups is 1. The number of amides is 1. The van der Waals surface area contributed by atoms with Gasteiger partial charge in [0, 0.05) is 0 Å². The van der Waals surface area contributed by atoms with Gasteiger partial charge in [0.25, 0.3) is 5.91 Å². The number of hydrogen-bond donors (Lipinski definition) is 2. The maximum absolute atomic E-state index is 12.8. The molecule has 0 atom stereocenters. The molecule has 0 spiro atoms. The van der Waals surface area contributed by atoms with Crippen molar-refractivity contribution >= 4 is 5.91 Å². The van der Waals surface area contributed by atoms with E-state index >= 15 is 0 Å². The zero-order valence-corrected chi connectivity index (χ0v) is 17.6. The predicted octanol–water partition coefficient (Wildman–Crippen LogP) is 2.72. The molecule has 1 saturated heterocycles. The van der Waals surface area contributed by atoms with E-state index in [-0.39, 0.29) is 11.4 Å². The molecule has 5 nitrogen and oxygen atoms in total. The van der Waals surface area contributed by atoms with Crippen molar-refractivity contribution in [1.82, 2.24) is 5.32 Å². The summed E-state index contributed by atoms with van der Waals surface area (Å²) in [5.74, 6) is 1.31. The van der Waals surface area contributed by atoms with Crippen LogP contribution in [0.25, 0.3) is 0 Å². The topological polar surface area (TPSA) is 52.0 Å². The smallest absolute Gasteiger partial charge is 0.255 e. The van der Waals surface area contributed by atoms with Crippen molar-refractivity contribution in [2.24, 2.45) is 0 Å². The van der Waals surface area contributed by atoms with Crippen LogP contribution in [0.1, 0.15) is 43.5 Å². The molecule has 1 aliphatic rings. The number of piperidine rings is 1. The van der Waals surface area contributed by atoms with Crippen molar-refractivity contribution in [1.29, 1.82) is 0 Å². The van der Waals surface area contributed by atoms with Crippen molar-refractivity contribution < 1.29 is 19.2 Å². The Kier molecular flexibility index (Phi) is 7.53. The fourth-order valence-corrected chi connectivity index (χ4v) is 3.78. The van der Waals surface area contributed by atoms with E-state index in [9.17, 15) is 4.79 Å². The highest BCUT2D eigenvalue weighted by molar-refractivity contribution is 5.96. The van der Waals surface area contributed by atoms with E-state index in [1.807, 2.05) is 54.6 Å². The standard InChI is InChI=1S/C24H32N2O3/c1-24(2,26-15-9-4-10-16-26)19-25-23(27)21-13-7-8-14-22(21)29-18-17-28-20-11-5-3-6-12-20/h3,5-8,11-14H,4,9-10,15-19H2,1-2H3,(H,25,27)/p+1. The Balaban J connectivity index is 1.51. The molecule has 0 unspecified atom stereocenters. The van der Waals surface area contributed by atoms with E-state index in [1.165, 1.54) is 32.4 Å². The lowest BCUT2D eigenvalue weighted by atomic mass is 9.98. The number of carbonyl (C=O) groups excluding carboxylic acids is 1. The van der Waals surface area contributed by atoms with Gasteiger partial charge in [-0.1, -0.05) is 30.3 Å². The SMILES string of the molecule is CC(C)(CNC(=O)c1ccccc1OCCOc1ccccc1)[NH+]1CCCCC1. The summed E-state index contributed by atoms with van der Waals surface area (Å²) in [4.78, 5) is 14.4. The molecule has 0 saturated carbocycles. The summed E-state index contributed by atoms with van der Waals surface area (Å²) in [7, 11) is 0. The van der Waals surface area contributed by atoms with Crippen LogP contribution in [-0.2, 0) is 0 Å². The molecular weight excluding hydrogens is 364 g/mol. The van der Waals surface area contributed by atoms with Gasteiger partial charge < -0.3 is 19.7 Å². The number of rotatable bonds is 9. The van der Waals surface area contributed by atoms with Crippen molar-refractivity contribution in [2.75, 3.05) is 32.8 Å². The molecule has 5 heteroatoms. The van der Waals surface area contributed by atoms with E-state index in [2.05, 4.69) is 19.2 Å². The van der Waals surface area contributed by atoms with Gasteiger partial charge in [-0.3, -0.25) is 4.79 Å². The number of likely N-dealkylation sites (tertiary alicyclic amines) is 1. The van der Waals surface area contributed by atoms with E-state index < -0.39 is 0 Å². The highest BCUT2D eigenvalue weighted by atomic mass is 16.5. The normalized spacial score (nSPS) is 15.0. The van der Waals surface area contributed by atoms with Crippen LogP contribution < -0.4 is 19.7 Å². The van der Waals surface area contributed by atoms with Crippen LogP contribution in [-0.4, -0.2) is 44.3 Å². The zero-order chi connectivity index (χ0) is 20.5. The van der Waals surface area contributed by atoms with Gasteiger partial charge in [0.05, 0.1) is 25.2 Å². The minimum Gasteiger partial charge on any atom is -0.490 e. The molecule has 1 amide bonds. The van der Waals surface area contributed by atoms with Gasteiger partial charge in [0.1, 0.15) is 30.3 Å². The molecule has 2 aromatic carbocycles. The highest BCUT2D eigenvalue weighted by Gasteiger charge is 2.32. The predicted molar refractivity (Wildman–Crippen MR) is 115 cm³/mol. The molecule has 0 aromatic heterocycles. The maximum atomic E-state index is 12.8. The Morgan fingerprint density at radius 2 is 1.59 bits per heavy atom. The van der Waals surface area contributed by atoms with Crippen molar-refractivity contribution in [3.8, 4) is 11.5 Å². The maximum Gasteiger partial charge on any atom is 0.255 e. The molecule has 2 aromatic rings. The molecule has 1 fully saturated rings. The molecule has 156 valence electrons. The zero-order valence-electron chi connectivity index (χ0n) is 17.6. The third-order valence-corrected chi connectivity index (χ3v) is 5.59. The van der Waals surface area contributed by atoms with Gasteiger partial charge in [-0.05, 0) is 57.4 Å². The van der Waals surface area contributed by atoms with Crippen LogP contribution in [0.5, 0.6) is 11.5 Å². The van der Waals surface area contributed by atoms with Crippen molar-refractivity contribution in [2.45, 2.75) is 38.6 Å². The molecule has 29 heavy (non-hydrogen) atoms. The summed E-state index contributed by atoms with van der Waals surface area (Å²) in [5.41, 5.74) is 0.590. The number of benzene rings is 2. The monoisotopic (exact) mass is 397 g/mol. The Hall–Kier alpha value is -2.53. The Morgan fingerprint density at radius 3 is 2.34 bits per heavy atom. The summed E-state index contributed by atoms with van der Waals surface area (Å²) in [6, 6.07) is 17.0. The lowest BCUT2D eigenvalue weighted by Crippen LogP contribution is -3.20. The Morgan fingerprint density at radius 1 is 0.931 bits per heavy atom. The van der Waals surface area contributed by atoms with Crippen molar-refractivity contribution in [3.63, 3.8) is 0 Å². The lowest BCUT2D eigenvalue weighted by Gasteiger charge is -2.37. The van der Waals surface area contributed by atoms with Crippen LogP contribution in [0, 0.1) is 0 Å². The van der Waals surface area contributed by atoms with E-state index in [0.29, 0.717) is 31.1 Å². The van der Waals surface area contributed by atoms with E-state index in [1.54, 1.807) is 4.90 Å². The first-order valence-corrected chi connectivity index (χ1v) is 10.6. The third-order valence-electron chi connectivity index (χ3n) is 5.59. The van der Waals surface area contributed by atoms with Gasteiger partial charge in [0.15, 0.2) is 0 Å². The number of ether oxygens (including phenoxy) is 2.